The Kier molecular flexibility index (Phi) is 7.52. The topological polar surface area (TPSA) is 45.1 Å². The van der Waals surface area contributed by atoms with E-state index in [1.807, 2.05) is 62.5 Å². The van der Waals surface area contributed by atoms with E-state index in [-0.39, 0.29) is 5.91 Å². The van der Waals surface area contributed by atoms with Gasteiger partial charge in [-0.2, -0.15) is 0 Å². The fourth-order valence-electron chi connectivity index (χ4n) is 2.83. The summed E-state index contributed by atoms with van der Waals surface area (Å²) < 4.78 is 5.42. The van der Waals surface area contributed by atoms with E-state index < -0.39 is 0 Å². The minimum Gasteiger partial charge on any atom is -0.496 e. The number of thiol groups is 1. The average Bonchev–Trinajstić information content (AvgIpc) is 2.68. The Hall–Kier alpha value is -2.47. The van der Waals surface area contributed by atoms with Crippen LogP contribution in [0.3, 0.4) is 0 Å². The summed E-state index contributed by atoms with van der Waals surface area (Å²) in [6.45, 7) is 7.29. The number of carbonyl (C=O) groups excluding carboxylic acids is 1. The second-order valence-corrected chi connectivity index (χ2v) is 7.37. The molecule has 6 heteroatoms. The second kappa shape index (κ2) is 9.64. The van der Waals surface area contributed by atoms with Gasteiger partial charge in [0.1, 0.15) is 5.75 Å². The van der Waals surface area contributed by atoms with Gasteiger partial charge in [0.05, 0.1) is 25.7 Å². The highest BCUT2D eigenvalue weighted by Gasteiger charge is 2.18. The zero-order valence-corrected chi connectivity index (χ0v) is 18.4. The molecule has 150 valence electrons. The van der Waals surface area contributed by atoms with Crippen LogP contribution < -0.4 is 4.74 Å². The van der Waals surface area contributed by atoms with Crippen LogP contribution in [0.5, 0.6) is 5.75 Å². The van der Waals surface area contributed by atoms with Gasteiger partial charge in [-0.15, -0.1) is 12.6 Å². The van der Waals surface area contributed by atoms with Crippen molar-refractivity contribution < 1.29 is 9.53 Å². The van der Waals surface area contributed by atoms with Crippen molar-refractivity contribution in [1.29, 1.82) is 0 Å². The molecule has 0 radical (unpaired) electrons. The Bertz CT molecular complexity index is 880. The van der Waals surface area contributed by atoms with Crippen molar-refractivity contribution in [3.05, 3.63) is 52.6 Å². The van der Waals surface area contributed by atoms with E-state index in [4.69, 9.17) is 4.74 Å². The maximum Gasteiger partial charge on any atom is 0.254 e. The van der Waals surface area contributed by atoms with Gasteiger partial charge < -0.3 is 14.5 Å². The van der Waals surface area contributed by atoms with Crippen molar-refractivity contribution >= 4 is 30.6 Å². The second-order valence-electron chi connectivity index (χ2n) is 6.89. The molecule has 2 aromatic carbocycles. The van der Waals surface area contributed by atoms with E-state index in [9.17, 15) is 4.79 Å². The molecule has 0 aliphatic rings. The first-order valence-electron chi connectivity index (χ1n) is 9.24. The number of aliphatic imine (C=N–C) groups is 1. The van der Waals surface area contributed by atoms with E-state index in [1.54, 1.807) is 19.1 Å². The summed E-state index contributed by atoms with van der Waals surface area (Å²) in [5, 5.41) is 0. The van der Waals surface area contributed by atoms with Crippen LogP contribution >= 0.6 is 12.6 Å². The number of rotatable bonds is 7. The number of amides is 1. The van der Waals surface area contributed by atoms with Gasteiger partial charge in [0.15, 0.2) is 0 Å². The number of aryl methyl sites for hydroxylation is 2. The lowest BCUT2D eigenvalue weighted by Gasteiger charge is -2.21. The fraction of sp³-hybridized carbons (Fsp3) is 0.364. The van der Waals surface area contributed by atoms with Gasteiger partial charge in [-0.05, 0) is 56.2 Å². The summed E-state index contributed by atoms with van der Waals surface area (Å²) in [5.74, 6) is 0.685. The van der Waals surface area contributed by atoms with E-state index in [1.165, 1.54) is 0 Å². The van der Waals surface area contributed by atoms with E-state index >= 15 is 0 Å². The van der Waals surface area contributed by atoms with Gasteiger partial charge >= 0.3 is 0 Å². The molecular weight excluding hydrogens is 370 g/mol. The maximum atomic E-state index is 13.1. The summed E-state index contributed by atoms with van der Waals surface area (Å²) in [7, 11) is 5.39. The van der Waals surface area contributed by atoms with Crippen LogP contribution in [-0.2, 0) is 6.54 Å². The number of benzene rings is 2. The molecule has 5 nitrogen and oxygen atoms in total. The van der Waals surface area contributed by atoms with Crippen LogP contribution in [0.15, 0.2) is 40.2 Å². The monoisotopic (exact) mass is 399 g/mol. The number of hydrogen-bond donors (Lipinski definition) is 1. The minimum absolute atomic E-state index is 0.0413. The third-order valence-electron chi connectivity index (χ3n) is 4.74. The third-order valence-corrected chi connectivity index (χ3v) is 5.16. The fourth-order valence-corrected chi connectivity index (χ4v) is 3.10. The van der Waals surface area contributed by atoms with Crippen LogP contribution in [-0.4, -0.2) is 49.8 Å². The van der Waals surface area contributed by atoms with Crippen molar-refractivity contribution in [2.75, 3.05) is 27.7 Å². The van der Waals surface area contributed by atoms with Crippen molar-refractivity contribution in [1.82, 2.24) is 9.80 Å². The lowest BCUT2D eigenvalue weighted by Crippen LogP contribution is -2.27. The molecule has 0 spiro atoms. The Balaban J connectivity index is 2.27. The molecule has 0 atom stereocenters. The van der Waals surface area contributed by atoms with Gasteiger partial charge in [-0.25, -0.2) is 4.99 Å². The maximum absolute atomic E-state index is 13.1. The van der Waals surface area contributed by atoms with E-state index in [0.717, 1.165) is 39.6 Å². The number of ether oxygens (including phenoxy) is 1. The predicted octanol–water partition coefficient (Wildman–Crippen LogP) is 4.48. The van der Waals surface area contributed by atoms with Crippen LogP contribution in [0.25, 0.3) is 0 Å². The Morgan fingerprint density at radius 2 is 1.93 bits per heavy atom. The Morgan fingerprint density at radius 3 is 2.57 bits per heavy atom. The van der Waals surface area contributed by atoms with Gasteiger partial charge in [0, 0.05) is 36.7 Å². The molecule has 0 saturated carbocycles. The third kappa shape index (κ3) is 5.07. The molecule has 0 fully saturated rings. The Morgan fingerprint density at radius 1 is 1.21 bits per heavy atom. The Labute approximate surface area is 173 Å². The lowest BCUT2D eigenvalue weighted by molar-refractivity contribution is 0.0782. The summed E-state index contributed by atoms with van der Waals surface area (Å²) in [4.78, 5) is 22.1. The zero-order valence-electron chi connectivity index (χ0n) is 17.5. The molecule has 2 rings (SSSR count). The molecule has 0 aromatic heterocycles. The van der Waals surface area contributed by atoms with Crippen LogP contribution in [0.1, 0.15) is 34.0 Å². The molecule has 2 aromatic rings. The SMILES string of the molecule is CCN(C)C=Nc1cc(C)c(C(=O)N(C)Cc2c(S)cccc2OC)cc1C. The molecule has 0 N–H and O–H groups in total. The molecule has 0 aliphatic carbocycles. The highest BCUT2D eigenvalue weighted by Crippen LogP contribution is 2.28. The summed E-state index contributed by atoms with van der Waals surface area (Å²) >= 11 is 4.51. The van der Waals surface area contributed by atoms with Crippen molar-refractivity contribution in [3.63, 3.8) is 0 Å². The first kappa shape index (κ1) is 21.8. The first-order chi connectivity index (χ1) is 13.3. The number of nitrogens with zero attached hydrogens (tertiary/aromatic N) is 3. The minimum atomic E-state index is -0.0413. The number of hydrogen-bond acceptors (Lipinski definition) is 4. The summed E-state index contributed by atoms with van der Waals surface area (Å²) in [6.07, 6.45) is 1.81. The van der Waals surface area contributed by atoms with Gasteiger partial charge in [0.2, 0.25) is 0 Å². The largest absolute Gasteiger partial charge is 0.496 e. The normalized spacial score (nSPS) is 11.0. The van der Waals surface area contributed by atoms with Crippen LogP contribution in [0, 0.1) is 13.8 Å². The number of carbonyl (C=O) groups is 1. The average molecular weight is 400 g/mol. The highest BCUT2D eigenvalue weighted by atomic mass is 32.1. The van der Waals surface area contributed by atoms with Gasteiger partial charge in [-0.3, -0.25) is 4.79 Å². The number of methoxy groups -OCH3 is 1. The van der Waals surface area contributed by atoms with Crippen molar-refractivity contribution in [2.24, 2.45) is 4.99 Å². The molecule has 0 aliphatic heterocycles. The predicted molar refractivity (Wildman–Crippen MR) is 118 cm³/mol. The highest BCUT2D eigenvalue weighted by molar-refractivity contribution is 7.80. The standard InChI is InChI=1S/C22H29N3O2S/c1-7-24(4)14-23-19-12-15(2)17(11-16(19)3)22(26)25(5)13-18-20(27-6)9-8-10-21(18)28/h8-12,14,28H,7,13H2,1-6H3. The molecule has 0 heterocycles. The summed E-state index contributed by atoms with van der Waals surface area (Å²) in [5.41, 5.74) is 4.32. The zero-order chi connectivity index (χ0) is 20.8. The molecule has 1 amide bonds. The smallest absolute Gasteiger partial charge is 0.254 e. The lowest BCUT2D eigenvalue weighted by atomic mass is 10.0. The molecule has 0 unspecified atom stereocenters. The van der Waals surface area contributed by atoms with Crippen LogP contribution in [0.2, 0.25) is 0 Å². The van der Waals surface area contributed by atoms with Crippen molar-refractivity contribution in [2.45, 2.75) is 32.2 Å². The van der Waals surface area contributed by atoms with E-state index in [0.29, 0.717) is 12.1 Å². The summed E-state index contributed by atoms with van der Waals surface area (Å²) in [6, 6.07) is 9.53. The van der Waals surface area contributed by atoms with Gasteiger partial charge in [-0.1, -0.05) is 6.07 Å². The molecule has 0 bridgehead atoms. The van der Waals surface area contributed by atoms with E-state index in [2.05, 4.69) is 24.5 Å². The quantitative estimate of drug-likeness (QED) is 0.424. The molecular formula is C22H29N3O2S. The van der Waals surface area contributed by atoms with Gasteiger partial charge in [0.25, 0.3) is 5.91 Å². The molecule has 28 heavy (non-hydrogen) atoms. The van der Waals surface area contributed by atoms with Crippen LogP contribution in [0.4, 0.5) is 5.69 Å². The first-order valence-corrected chi connectivity index (χ1v) is 9.69. The molecule has 0 saturated heterocycles. The van der Waals surface area contributed by atoms with Crippen molar-refractivity contribution in [3.8, 4) is 5.75 Å².